The number of thioether (sulfide) groups is 1. The highest BCUT2D eigenvalue weighted by molar-refractivity contribution is 8.13. The Balaban J connectivity index is 2.44. The van der Waals surface area contributed by atoms with Crippen molar-refractivity contribution in [3.05, 3.63) is 27.7 Å². The van der Waals surface area contributed by atoms with E-state index in [2.05, 4.69) is 0 Å². The highest BCUT2D eigenvalue weighted by Crippen LogP contribution is 2.34. The van der Waals surface area contributed by atoms with Crippen molar-refractivity contribution in [1.82, 2.24) is 0 Å². The third-order valence-electron chi connectivity index (χ3n) is 2.67. The molecule has 0 N–H and O–H groups in total. The lowest BCUT2D eigenvalue weighted by atomic mass is 10.2. The van der Waals surface area contributed by atoms with Crippen LogP contribution in [0.25, 0.3) is 0 Å². The summed E-state index contributed by atoms with van der Waals surface area (Å²) in [6.07, 6.45) is 0.0721. The summed E-state index contributed by atoms with van der Waals surface area (Å²) in [5, 5.41) is -0.423. The first-order valence-electron chi connectivity index (χ1n) is 7.05. The van der Waals surface area contributed by atoms with Gasteiger partial charge in [-0.05, 0) is 30.8 Å². The number of rotatable bonds is 8. The molecule has 0 saturated carbocycles. The minimum Gasteiger partial charge on any atom is -0.494 e. The van der Waals surface area contributed by atoms with Gasteiger partial charge in [0.25, 0.3) is 0 Å². The minimum absolute atomic E-state index is 0.0642. The van der Waals surface area contributed by atoms with Crippen molar-refractivity contribution in [3.63, 3.8) is 0 Å². The standard InChI is InChI=1S/C15H16Cl2O7S/c1-3-22-11(18)6-7-25-15(20)24-8-23-14(19)12-9(16)4-5-10(17)13(12)21-2/h4-5H,3,6-8H2,1-2H3. The van der Waals surface area contributed by atoms with Crippen molar-refractivity contribution in [1.29, 1.82) is 0 Å². The first kappa shape index (κ1) is 21.4. The van der Waals surface area contributed by atoms with E-state index in [-0.39, 0.29) is 40.1 Å². The van der Waals surface area contributed by atoms with E-state index in [0.29, 0.717) is 0 Å². The summed E-state index contributed by atoms with van der Waals surface area (Å²) in [7, 11) is 1.33. The molecular weight excluding hydrogens is 395 g/mol. The molecule has 138 valence electrons. The van der Waals surface area contributed by atoms with Crippen molar-refractivity contribution < 1.29 is 33.3 Å². The van der Waals surface area contributed by atoms with E-state index in [1.807, 2.05) is 0 Å². The van der Waals surface area contributed by atoms with E-state index < -0.39 is 24.0 Å². The third-order valence-corrected chi connectivity index (χ3v) is 4.04. The van der Waals surface area contributed by atoms with Crippen molar-refractivity contribution in [2.24, 2.45) is 0 Å². The van der Waals surface area contributed by atoms with E-state index >= 15 is 0 Å². The summed E-state index contributed by atoms with van der Waals surface area (Å²) in [5.74, 6) is -1.00. The summed E-state index contributed by atoms with van der Waals surface area (Å²) in [4.78, 5) is 34.6. The molecule has 25 heavy (non-hydrogen) atoms. The Morgan fingerprint density at radius 3 is 2.40 bits per heavy atom. The van der Waals surface area contributed by atoms with Gasteiger partial charge in [-0.15, -0.1) is 0 Å². The van der Waals surface area contributed by atoms with Crippen LogP contribution in [0.1, 0.15) is 23.7 Å². The number of methoxy groups -OCH3 is 1. The Labute approximate surface area is 158 Å². The normalized spacial score (nSPS) is 10.1. The second kappa shape index (κ2) is 11.1. The summed E-state index contributed by atoms with van der Waals surface area (Å²) in [6.45, 7) is 1.35. The molecule has 7 nitrogen and oxygen atoms in total. The Bertz CT molecular complexity index is 637. The second-order valence-corrected chi connectivity index (χ2v) is 6.13. The molecule has 0 aliphatic heterocycles. The van der Waals surface area contributed by atoms with Gasteiger partial charge in [-0.25, -0.2) is 9.59 Å². The van der Waals surface area contributed by atoms with Gasteiger partial charge in [-0.3, -0.25) is 4.79 Å². The number of carbonyl (C=O) groups is 3. The van der Waals surface area contributed by atoms with Crippen molar-refractivity contribution in [3.8, 4) is 5.75 Å². The maximum absolute atomic E-state index is 12.0. The summed E-state index contributed by atoms with van der Waals surface area (Å²) < 4.78 is 19.3. The molecule has 0 aliphatic rings. The number of ether oxygens (including phenoxy) is 4. The molecule has 1 aromatic carbocycles. The Kier molecular flexibility index (Phi) is 9.48. The zero-order valence-corrected chi connectivity index (χ0v) is 15.8. The van der Waals surface area contributed by atoms with Crippen LogP contribution in [-0.4, -0.2) is 43.5 Å². The lowest BCUT2D eigenvalue weighted by Crippen LogP contribution is -2.13. The van der Waals surface area contributed by atoms with Gasteiger partial charge >= 0.3 is 17.2 Å². The molecule has 0 fully saturated rings. The Hall–Kier alpha value is -1.64. The summed E-state index contributed by atoms with van der Waals surface area (Å²) in [6, 6.07) is 2.89. The van der Waals surface area contributed by atoms with E-state index in [1.165, 1.54) is 19.2 Å². The van der Waals surface area contributed by atoms with Crippen LogP contribution in [0.5, 0.6) is 5.75 Å². The van der Waals surface area contributed by atoms with Gasteiger partial charge in [0, 0.05) is 5.75 Å². The number of hydrogen-bond acceptors (Lipinski definition) is 8. The monoisotopic (exact) mass is 410 g/mol. The van der Waals surface area contributed by atoms with Crippen LogP contribution in [0.4, 0.5) is 4.79 Å². The molecule has 0 bridgehead atoms. The van der Waals surface area contributed by atoms with Gasteiger partial charge in [-0.2, -0.15) is 0 Å². The van der Waals surface area contributed by atoms with E-state index in [1.54, 1.807) is 6.92 Å². The van der Waals surface area contributed by atoms with Crippen LogP contribution in [0.15, 0.2) is 12.1 Å². The molecule has 0 aliphatic carbocycles. The lowest BCUT2D eigenvalue weighted by Gasteiger charge is -2.11. The first-order chi connectivity index (χ1) is 11.9. The molecule has 1 rings (SSSR count). The number of benzene rings is 1. The van der Waals surface area contributed by atoms with Crippen molar-refractivity contribution >= 4 is 52.2 Å². The van der Waals surface area contributed by atoms with E-state index in [9.17, 15) is 14.4 Å². The average molecular weight is 411 g/mol. The van der Waals surface area contributed by atoms with Crippen molar-refractivity contribution in [2.45, 2.75) is 13.3 Å². The average Bonchev–Trinajstić information content (AvgIpc) is 2.56. The molecule has 0 radical (unpaired) electrons. The van der Waals surface area contributed by atoms with Crippen LogP contribution in [0, 0.1) is 0 Å². The maximum Gasteiger partial charge on any atom is 0.370 e. The SMILES string of the molecule is CCOC(=O)CCSC(=O)OCOC(=O)c1c(Cl)ccc(Cl)c1OC. The number of halogens is 2. The molecule has 10 heteroatoms. The molecule has 0 amide bonds. The largest absolute Gasteiger partial charge is 0.494 e. The predicted octanol–water partition coefficient (Wildman–Crippen LogP) is 3.94. The van der Waals surface area contributed by atoms with Crippen LogP contribution in [-0.2, 0) is 19.0 Å². The molecule has 0 spiro atoms. The second-order valence-electron chi connectivity index (χ2n) is 4.28. The Morgan fingerprint density at radius 1 is 1.08 bits per heavy atom. The number of carbonyl (C=O) groups excluding carboxylic acids is 3. The number of esters is 2. The van der Waals surface area contributed by atoms with Crippen LogP contribution >= 0.6 is 35.0 Å². The zero-order chi connectivity index (χ0) is 18.8. The fourth-order valence-electron chi connectivity index (χ4n) is 1.62. The fraction of sp³-hybridized carbons (Fsp3) is 0.400. The molecule has 0 heterocycles. The smallest absolute Gasteiger partial charge is 0.370 e. The number of hydrogen-bond donors (Lipinski definition) is 0. The summed E-state index contributed by atoms with van der Waals surface area (Å²) >= 11 is 12.6. The predicted molar refractivity (Wildman–Crippen MR) is 93.5 cm³/mol. The molecule has 0 aromatic heterocycles. The maximum atomic E-state index is 12.0. The molecular formula is C15H16Cl2O7S. The van der Waals surface area contributed by atoms with Gasteiger partial charge in [0.15, 0.2) is 5.75 Å². The van der Waals surface area contributed by atoms with Gasteiger partial charge in [-0.1, -0.05) is 23.2 Å². The van der Waals surface area contributed by atoms with Gasteiger partial charge in [0.1, 0.15) is 5.56 Å². The topological polar surface area (TPSA) is 88.1 Å². The van der Waals surface area contributed by atoms with Crippen LogP contribution in [0.2, 0.25) is 10.0 Å². The quantitative estimate of drug-likeness (QED) is 0.470. The van der Waals surface area contributed by atoms with Gasteiger partial charge in [0.2, 0.25) is 6.79 Å². The summed E-state index contributed by atoms with van der Waals surface area (Å²) in [5.41, 5.74) is -0.0670. The molecule has 1 aromatic rings. The highest BCUT2D eigenvalue weighted by Gasteiger charge is 2.21. The lowest BCUT2D eigenvalue weighted by molar-refractivity contribution is -0.142. The molecule has 0 saturated heterocycles. The highest BCUT2D eigenvalue weighted by atomic mass is 35.5. The zero-order valence-electron chi connectivity index (χ0n) is 13.5. The minimum atomic E-state index is -0.853. The Morgan fingerprint density at radius 2 is 1.76 bits per heavy atom. The van der Waals surface area contributed by atoms with E-state index in [0.717, 1.165) is 11.8 Å². The van der Waals surface area contributed by atoms with Crippen molar-refractivity contribution in [2.75, 3.05) is 26.3 Å². The van der Waals surface area contributed by atoms with Crippen LogP contribution in [0.3, 0.4) is 0 Å². The fourth-order valence-corrected chi connectivity index (χ4v) is 2.65. The van der Waals surface area contributed by atoms with E-state index in [4.69, 9.17) is 42.1 Å². The molecule has 0 atom stereocenters. The van der Waals surface area contributed by atoms with Gasteiger partial charge < -0.3 is 18.9 Å². The third kappa shape index (κ3) is 7.01. The van der Waals surface area contributed by atoms with Crippen LogP contribution < -0.4 is 4.74 Å². The first-order valence-corrected chi connectivity index (χ1v) is 8.79. The molecule has 0 unspecified atom stereocenters. The van der Waals surface area contributed by atoms with Gasteiger partial charge in [0.05, 0.1) is 30.2 Å².